The fraction of sp³-hybridized carbons (Fsp3) is 0.333. The number of hydrogen-bond acceptors (Lipinski definition) is 4. The summed E-state index contributed by atoms with van der Waals surface area (Å²) in [6.45, 7) is 4.30. The van der Waals surface area contributed by atoms with Crippen molar-refractivity contribution in [2.45, 2.75) is 12.7 Å². The summed E-state index contributed by atoms with van der Waals surface area (Å²) in [6.07, 6.45) is -3.05. The fourth-order valence-corrected chi connectivity index (χ4v) is 3.25. The first-order valence-corrected chi connectivity index (χ1v) is 9.86. The van der Waals surface area contributed by atoms with E-state index in [-0.39, 0.29) is 12.5 Å². The minimum Gasteiger partial charge on any atom is -0.297 e. The number of piperazine rings is 1. The van der Waals surface area contributed by atoms with E-state index in [0.29, 0.717) is 5.56 Å². The highest BCUT2D eigenvalue weighted by Crippen LogP contribution is 2.28. The fourth-order valence-electron chi connectivity index (χ4n) is 3.13. The third-order valence-electron chi connectivity index (χ3n) is 4.79. The SMILES string of the molecule is O=C(CN1CCN(Cc2ccc(Cl)cc2)CC1)N/N=C\c1ccc(C(F)(F)F)cc1. The minimum absolute atomic E-state index is 0.221. The minimum atomic E-state index is -4.37. The number of carbonyl (C=O) groups is 1. The number of hydrazone groups is 1. The Balaban J connectivity index is 1.38. The molecule has 0 aliphatic carbocycles. The standard InChI is InChI=1S/C21H22ClF3N4O/c22-19-7-3-17(4-8-19)14-28-9-11-29(12-10-28)15-20(30)27-26-13-16-1-5-18(6-2-16)21(23,24)25/h1-8,13H,9-12,14-15H2,(H,27,30)/b26-13-. The number of carbonyl (C=O) groups excluding carboxylic acids is 1. The quantitative estimate of drug-likeness (QED) is 0.553. The molecule has 9 heteroatoms. The zero-order valence-electron chi connectivity index (χ0n) is 16.2. The van der Waals surface area contributed by atoms with Crippen LogP contribution in [0.25, 0.3) is 0 Å². The van der Waals surface area contributed by atoms with Crippen molar-refractivity contribution < 1.29 is 18.0 Å². The summed E-state index contributed by atoms with van der Waals surface area (Å²) in [7, 11) is 0. The smallest absolute Gasteiger partial charge is 0.297 e. The number of hydrogen-bond donors (Lipinski definition) is 1. The van der Waals surface area contributed by atoms with Crippen LogP contribution in [-0.4, -0.2) is 54.6 Å². The number of halogens is 4. The maximum absolute atomic E-state index is 12.5. The van der Waals surface area contributed by atoms with Gasteiger partial charge in [-0.15, -0.1) is 0 Å². The third-order valence-corrected chi connectivity index (χ3v) is 5.04. The first-order chi connectivity index (χ1) is 14.3. The molecule has 0 atom stereocenters. The second kappa shape index (κ2) is 10.1. The molecule has 0 aromatic heterocycles. The van der Waals surface area contributed by atoms with Crippen molar-refractivity contribution in [2.24, 2.45) is 5.10 Å². The number of benzene rings is 2. The highest BCUT2D eigenvalue weighted by atomic mass is 35.5. The van der Waals surface area contributed by atoms with Crippen molar-refractivity contribution in [3.05, 3.63) is 70.2 Å². The van der Waals surface area contributed by atoms with E-state index in [1.807, 2.05) is 29.2 Å². The zero-order valence-corrected chi connectivity index (χ0v) is 17.0. The molecule has 2 aromatic carbocycles. The molecule has 1 saturated heterocycles. The molecule has 0 bridgehead atoms. The van der Waals surface area contributed by atoms with Crippen LogP contribution in [0.15, 0.2) is 53.6 Å². The lowest BCUT2D eigenvalue weighted by Crippen LogP contribution is -2.48. The van der Waals surface area contributed by atoms with Crippen LogP contribution in [-0.2, 0) is 17.5 Å². The number of nitrogens with zero attached hydrogens (tertiary/aromatic N) is 3. The number of nitrogens with one attached hydrogen (secondary N) is 1. The molecule has 0 saturated carbocycles. The van der Waals surface area contributed by atoms with Crippen molar-refractivity contribution in [1.29, 1.82) is 0 Å². The molecule has 2 aromatic rings. The predicted molar refractivity (Wildman–Crippen MR) is 110 cm³/mol. The van der Waals surface area contributed by atoms with Crippen molar-refractivity contribution in [1.82, 2.24) is 15.2 Å². The Labute approximate surface area is 178 Å². The maximum atomic E-state index is 12.5. The molecule has 1 N–H and O–H groups in total. The molecule has 0 unspecified atom stereocenters. The molecule has 160 valence electrons. The summed E-state index contributed by atoms with van der Waals surface area (Å²) in [6, 6.07) is 12.3. The Morgan fingerprint density at radius 3 is 2.20 bits per heavy atom. The normalized spacial score (nSPS) is 16.1. The highest BCUT2D eigenvalue weighted by Gasteiger charge is 2.29. The van der Waals surface area contributed by atoms with E-state index in [1.165, 1.54) is 23.9 Å². The second-order valence-electron chi connectivity index (χ2n) is 7.09. The monoisotopic (exact) mass is 438 g/mol. The van der Waals surface area contributed by atoms with E-state index in [0.717, 1.165) is 49.9 Å². The van der Waals surface area contributed by atoms with Crippen LogP contribution in [0, 0.1) is 0 Å². The summed E-state index contributed by atoms with van der Waals surface area (Å²) >= 11 is 5.91. The van der Waals surface area contributed by atoms with Gasteiger partial charge in [-0.2, -0.15) is 18.3 Å². The predicted octanol–water partition coefficient (Wildman–Crippen LogP) is 3.63. The van der Waals surface area contributed by atoms with Gasteiger partial charge in [0.05, 0.1) is 18.3 Å². The lowest BCUT2D eigenvalue weighted by atomic mass is 10.1. The Morgan fingerprint density at radius 2 is 1.60 bits per heavy atom. The Morgan fingerprint density at radius 1 is 1.00 bits per heavy atom. The van der Waals surface area contributed by atoms with Crippen molar-refractivity contribution in [3.8, 4) is 0 Å². The summed E-state index contributed by atoms with van der Waals surface area (Å²) in [5.41, 5.74) is 3.37. The van der Waals surface area contributed by atoms with Gasteiger partial charge in [-0.1, -0.05) is 35.9 Å². The van der Waals surface area contributed by atoms with E-state index in [4.69, 9.17) is 11.6 Å². The largest absolute Gasteiger partial charge is 0.416 e. The maximum Gasteiger partial charge on any atom is 0.416 e. The van der Waals surface area contributed by atoms with E-state index in [2.05, 4.69) is 15.4 Å². The molecule has 1 amide bonds. The Bertz CT molecular complexity index is 861. The number of amides is 1. The molecule has 1 aliphatic heterocycles. The summed E-state index contributed by atoms with van der Waals surface area (Å²) in [4.78, 5) is 16.4. The molecule has 0 radical (unpaired) electrons. The van der Waals surface area contributed by atoms with Crippen LogP contribution in [0.1, 0.15) is 16.7 Å². The summed E-state index contributed by atoms with van der Waals surface area (Å²) in [5, 5.41) is 4.54. The lowest BCUT2D eigenvalue weighted by Gasteiger charge is -2.34. The van der Waals surface area contributed by atoms with Gasteiger partial charge in [-0.05, 0) is 35.4 Å². The van der Waals surface area contributed by atoms with E-state index in [1.54, 1.807) is 0 Å². The van der Waals surface area contributed by atoms with Gasteiger partial charge in [0, 0.05) is 37.7 Å². The van der Waals surface area contributed by atoms with Crippen molar-refractivity contribution in [2.75, 3.05) is 32.7 Å². The van der Waals surface area contributed by atoms with E-state index in [9.17, 15) is 18.0 Å². The molecule has 1 heterocycles. The lowest BCUT2D eigenvalue weighted by molar-refractivity contribution is -0.137. The first kappa shape index (κ1) is 22.3. The molecule has 5 nitrogen and oxygen atoms in total. The molecule has 0 spiro atoms. The highest BCUT2D eigenvalue weighted by molar-refractivity contribution is 6.30. The Hall–Kier alpha value is -2.42. The number of alkyl halides is 3. The van der Waals surface area contributed by atoms with Crippen LogP contribution in [0.5, 0.6) is 0 Å². The van der Waals surface area contributed by atoms with Gasteiger partial charge in [-0.3, -0.25) is 14.6 Å². The van der Waals surface area contributed by atoms with Crippen LogP contribution in [0.4, 0.5) is 13.2 Å². The van der Waals surface area contributed by atoms with Gasteiger partial charge in [0.1, 0.15) is 0 Å². The molecule has 3 rings (SSSR count). The molecule has 1 aliphatic rings. The summed E-state index contributed by atoms with van der Waals surface area (Å²) in [5.74, 6) is -0.260. The van der Waals surface area contributed by atoms with Gasteiger partial charge in [0.25, 0.3) is 5.91 Å². The average molecular weight is 439 g/mol. The molecule has 1 fully saturated rings. The summed E-state index contributed by atoms with van der Waals surface area (Å²) < 4.78 is 37.6. The second-order valence-corrected chi connectivity index (χ2v) is 7.53. The molecular weight excluding hydrogens is 417 g/mol. The van der Waals surface area contributed by atoms with Gasteiger partial charge in [-0.25, -0.2) is 5.43 Å². The van der Waals surface area contributed by atoms with Gasteiger partial charge < -0.3 is 0 Å². The molecular formula is C21H22ClF3N4O. The third kappa shape index (κ3) is 6.83. The topological polar surface area (TPSA) is 47.9 Å². The van der Waals surface area contributed by atoms with Gasteiger partial charge >= 0.3 is 6.18 Å². The Kier molecular flexibility index (Phi) is 7.47. The zero-order chi connectivity index (χ0) is 21.6. The van der Waals surface area contributed by atoms with Crippen LogP contribution in [0.2, 0.25) is 5.02 Å². The average Bonchev–Trinajstić information content (AvgIpc) is 2.71. The van der Waals surface area contributed by atoms with E-state index < -0.39 is 11.7 Å². The van der Waals surface area contributed by atoms with Crippen LogP contribution < -0.4 is 5.43 Å². The van der Waals surface area contributed by atoms with Crippen molar-refractivity contribution >= 4 is 23.7 Å². The van der Waals surface area contributed by atoms with Crippen LogP contribution >= 0.6 is 11.6 Å². The molecule has 30 heavy (non-hydrogen) atoms. The van der Waals surface area contributed by atoms with Crippen LogP contribution in [0.3, 0.4) is 0 Å². The van der Waals surface area contributed by atoms with E-state index >= 15 is 0 Å². The number of rotatable bonds is 6. The van der Waals surface area contributed by atoms with Gasteiger partial charge in [0.2, 0.25) is 0 Å². The van der Waals surface area contributed by atoms with Gasteiger partial charge in [0.15, 0.2) is 0 Å². The first-order valence-electron chi connectivity index (χ1n) is 9.48. The van der Waals surface area contributed by atoms with Crippen molar-refractivity contribution in [3.63, 3.8) is 0 Å².